The summed E-state index contributed by atoms with van der Waals surface area (Å²) in [7, 11) is 0. The molecular formula is C20H19N3O3. The maximum atomic E-state index is 12.8. The van der Waals surface area contributed by atoms with Gasteiger partial charge in [-0.2, -0.15) is 0 Å². The van der Waals surface area contributed by atoms with Crippen LogP contribution in [0, 0.1) is 0 Å². The fourth-order valence-corrected chi connectivity index (χ4v) is 3.60. The van der Waals surface area contributed by atoms with Gasteiger partial charge in [-0.3, -0.25) is 14.4 Å². The molecule has 0 spiro atoms. The molecule has 132 valence electrons. The maximum Gasteiger partial charge on any atom is 0.256 e. The first-order valence-electron chi connectivity index (χ1n) is 8.70. The van der Waals surface area contributed by atoms with E-state index < -0.39 is 6.04 Å². The molecule has 0 unspecified atom stereocenters. The van der Waals surface area contributed by atoms with E-state index in [4.69, 9.17) is 0 Å². The molecule has 2 heterocycles. The van der Waals surface area contributed by atoms with E-state index in [0.29, 0.717) is 36.2 Å². The Morgan fingerprint density at radius 1 is 1.04 bits per heavy atom. The molecule has 2 aromatic carbocycles. The van der Waals surface area contributed by atoms with E-state index in [1.165, 1.54) is 0 Å². The van der Waals surface area contributed by atoms with Crippen LogP contribution in [0.4, 0.5) is 5.69 Å². The van der Waals surface area contributed by atoms with Crippen molar-refractivity contribution in [3.05, 3.63) is 65.7 Å². The van der Waals surface area contributed by atoms with Crippen LogP contribution in [0.2, 0.25) is 0 Å². The van der Waals surface area contributed by atoms with Gasteiger partial charge in [0.25, 0.3) is 11.8 Å². The number of piperidine rings is 1. The van der Waals surface area contributed by atoms with Crippen molar-refractivity contribution in [1.82, 2.24) is 10.2 Å². The Morgan fingerprint density at radius 2 is 1.77 bits per heavy atom. The molecule has 1 fully saturated rings. The van der Waals surface area contributed by atoms with Gasteiger partial charge >= 0.3 is 0 Å². The summed E-state index contributed by atoms with van der Waals surface area (Å²) in [6.07, 6.45) is 1.03. The molecule has 1 saturated heterocycles. The molecule has 0 bridgehead atoms. The molecule has 4 rings (SSSR count). The zero-order valence-corrected chi connectivity index (χ0v) is 14.1. The largest absolute Gasteiger partial charge is 0.349 e. The molecule has 3 amide bonds. The summed E-state index contributed by atoms with van der Waals surface area (Å²) >= 11 is 0. The number of rotatable bonds is 2. The molecule has 2 aliphatic heterocycles. The van der Waals surface area contributed by atoms with Crippen LogP contribution in [0.25, 0.3) is 0 Å². The molecule has 2 aromatic rings. The summed E-state index contributed by atoms with van der Waals surface area (Å²) in [4.78, 5) is 39.4. The molecule has 26 heavy (non-hydrogen) atoms. The van der Waals surface area contributed by atoms with Crippen molar-refractivity contribution in [2.24, 2.45) is 0 Å². The predicted octanol–water partition coefficient (Wildman–Crippen LogP) is 2.04. The van der Waals surface area contributed by atoms with Crippen LogP contribution < -0.4 is 10.6 Å². The number of anilines is 1. The van der Waals surface area contributed by atoms with Crippen LogP contribution in [0.1, 0.15) is 33.6 Å². The topological polar surface area (TPSA) is 78.5 Å². The molecule has 6 heteroatoms. The van der Waals surface area contributed by atoms with Crippen LogP contribution in [0.5, 0.6) is 0 Å². The number of hydrogen-bond donors (Lipinski definition) is 2. The highest BCUT2D eigenvalue weighted by molar-refractivity contribution is 6.10. The Bertz CT molecular complexity index is 866. The zero-order chi connectivity index (χ0) is 18.1. The van der Waals surface area contributed by atoms with Gasteiger partial charge in [-0.05, 0) is 37.1 Å². The van der Waals surface area contributed by atoms with Crippen LogP contribution in [0.15, 0.2) is 54.6 Å². The van der Waals surface area contributed by atoms with Crippen molar-refractivity contribution in [3.63, 3.8) is 0 Å². The Balaban J connectivity index is 1.51. The normalized spacial score (nSPS) is 21.9. The van der Waals surface area contributed by atoms with Crippen molar-refractivity contribution in [1.29, 1.82) is 0 Å². The van der Waals surface area contributed by atoms with Gasteiger partial charge in [-0.25, -0.2) is 0 Å². The zero-order valence-electron chi connectivity index (χ0n) is 14.1. The number of carbonyl (C=O) groups is 3. The first-order chi connectivity index (χ1) is 12.6. The van der Waals surface area contributed by atoms with Gasteiger partial charge in [0.15, 0.2) is 0 Å². The van der Waals surface area contributed by atoms with E-state index in [0.717, 1.165) is 0 Å². The van der Waals surface area contributed by atoms with Gasteiger partial charge < -0.3 is 15.5 Å². The minimum Gasteiger partial charge on any atom is -0.349 e. The highest BCUT2D eigenvalue weighted by Gasteiger charge is 2.40. The molecule has 2 atom stereocenters. The fourth-order valence-electron chi connectivity index (χ4n) is 3.60. The highest BCUT2D eigenvalue weighted by Crippen LogP contribution is 2.28. The fraction of sp³-hybridized carbons (Fsp3) is 0.250. The molecule has 6 nitrogen and oxygen atoms in total. The lowest BCUT2D eigenvalue weighted by atomic mass is 9.95. The number of hydrogen-bond acceptors (Lipinski definition) is 3. The first-order valence-corrected chi connectivity index (χ1v) is 8.70. The molecule has 0 aromatic heterocycles. The molecule has 0 radical (unpaired) electrons. The average Bonchev–Trinajstić information content (AvgIpc) is 2.78. The first kappa shape index (κ1) is 16.3. The Morgan fingerprint density at radius 3 is 2.58 bits per heavy atom. The summed E-state index contributed by atoms with van der Waals surface area (Å²) in [5, 5.41) is 5.83. The lowest BCUT2D eigenvalue weighted by Crippen LogP contribution is -2.55. The van der Waals surface area contributed by atoms with Crippen molar-refractivity contribution in [3.8, 4) is 0 Å². The maximum absolute atomic E-state index is 12.8. The molecule has 0 aliphatic carbocycles. The smallest absolute Gasteiger partial charge is 0.256 e. The number of nitrogens with one attached hydrogen (secondary N) is 2. The van der Waals surface area contributed by atoms with E-state index in [2.05, 4.69) is 10.6 Å². The second-order valence-electron chi connectivity index (χ2n) is 6.61. The second kappa shape index (κ2) is 6.63. The van der Waals surface area contributed by atoms with Gasteiger partial charge in [0.1, 0.15) is 6.04 Å². The number of amides is 3. The summed E-state index contributed by atoms with van der Waals surface area (Å²) in [6, 6.07) is 15.3. The molecule has 2 N–H and O–H groups in total. The van der Waals surface area contributed by atoms with Crippen LogP contribution in [-0.2, 0) is 4.79 Å². The Labute approximate surface area is 151 Å². The van der Waals surface area contributed by atoms with E-state index in [-0.39, 0.29) is 23.8 Å². The van der Waals surface area contributed by atoms with E-state index in [9.17, 15) is 14.4 Å². The number of fused-ring (bicyclic) bond motifs is 2. The van der Waals surface area contributed by atoms with E-state index in [1.54, 1.807) is 41.3 Å². The third-order valence-electron chi connectivity index (χ3n) is 4.95. The summed E-state index contributed by atoms with van der Waals surface area (Å²) in [6.45, 7) is 0.436. The summed E-state index contributed by atoms with van der Waals surface area (Å²) in [5.74, 6) is -0.508. The Kier molecular flexibility index (Phi) is 4.16. The van der Waals surface area contributed by atoms with Crippen LogP contribution in [0.3, 0.4) is 0 Å². The molecule has 0 saturated carbocycles. The number of nitrogens with zero attached hydrogens (tertiary/aromatic N) is 1. The summed E-state index contributed by atoms with van der Waals surface area (Å²) < 4.78 is 0. The number of para-hydroxylation sites is 1. The predicted molar refractivity (Wildman–Crippen MR) is 96.8 cm³/mol. The van der Waals surface area contributed by atoms with Crippen molar-refractivity contribution in [2.45, 2.75) is 24.9 Å². The molecular weight excluding hydrogens is 330 g/mol. The van der Waals surface area contributed by atoms with Crippen molar-refractivity contribution < 1.29 is 14.4 Å². The van der Waals surface area contributed by atoms with Crippen LogP contribution in [-0.4, -0.2) is 41.2 Å². The number of benzene rings is 2. The number of carbonyl (C=O) groups excluding carboxylic acids is 3. The lowest BCUT2D eigenvalue weighted by molar-refractivity contribution is -0.121. The van der Waals surface area contributed by atoms with E-state index >= 15 is 0 Å². The lowest BCUT2D eigenvalue weighted by Gasteiger charge is -2.37. The van der Waals surface area contributed by atoms with Crippen molar-refractivity contribution in [2.75, 3.05) is 11.9 Å². The highest BCUT2D eigenvalue weighted by atomic mass is 16.2. The minimum atomic E-state index is -0.579. The van der Waals surface area contributed by atoms with Crippen LogP contribution >= 0.6 is 0 Å². The monoisotopic (exact) mass is 349 g/mol. The van der Waals surface area contributed by atoms with Crippen molar-refractivity contribution >= 4 is 23.4 Å². The quantitative estimate of drug-likeness (QED) is 0.871. The third-order valence-corrected chi connectivity index (χ3v) is 4.95. The minimum absolute atomic E-state index is 0.142. The van der Waals surface area contributed by atoms with Gasteiger partial charge in [0, 0.05) is 18.2 Å². The average molecular weight is 349 g/mol. The van der Waals surface area contributed by atoms with Gasteiger partial charge in [-0.1, -0.05) is 30.3 Å². The van der Waals surface area contributed by atoms with E-state index in [1.807, 2.05) is 18.2 Å². The van der Waals surface area contributed by atoms with Gasteiger partial charge in [-0.15, -0.1) is 0 Å². The van der Waals surface area contributed by atoms with Gasteiger partial charge in [0.05, 0.1) is 11.3 Å². The Hall–Kier alpha value is -3.15. The third kappa shape index (κ3) is 2.94. The standard InChI is InChI=1S/C20H19N3O3/c24-18(13-6-2-1-3-7-13)21-14-10-11-23-17(12-14)19(25)22-16-9-5-4-8-15(16)20(23)26/h1-9,14,17H,10-12H2,(H,21,24)(H,22,25)/t14-,17+/m1/s1. The van der Waals surface area contributed by atoms with Gasteiger partial charge in [0.2, 0.25) is 5.91 Å². The molecule has 2 aliphatic rings. The second-order valence-corrected chi connectivity index (χ2v) is 6.61. The summed E-state index contributed by atoms with van der Waals surface area (Å²) in [5.41, 5.74) is 1.64. The SMILES string of the molecule is O=C(N[C@@H]1CCN2C(=O)c3ccccc3NC(=O)[C@@H]2C1)c1ccccc1.